The van der Waals surface area contributed by atoms with E-state index in [1.807, 2.05) is 18.2 Å². The van der Waals surface area contributed by atoms with Crippen LogP contribution in [0.25, 0.3) is 0 Å². The van der Waals surface area contributed by atoms with Gasteiger partial charge < -0.3 is 24.2 Å². The van der Waals surface area contributed by atoms with Crippen molar-refractivity contribution < 1.29 is 52.2 Å². The van der Waals surface area contributed by atoms with E-state index >= 15 is 0 Å². The number of phosphoric acid groups is 1. The van der Waals surface area contributed by atoms with E-state index in [0.29, 0.717) is 19.3 Å². The zero-order valence-corrected chi connectivity index (χ0v) is 45.1. The van der Waals surface area contributed by atoms with Crippen molar-refractivity contribution in [1.82, 2.24) is 0 Å². The van der Waals surface area contributed by atoms with Gasteiger partial charge in [0.1, 0.15) is 12.7 Å². The van der Waals surface area contributed by atoms with E-state index in [1.54, 1.807) is 0 Å². The second-order valence-electron chi connectivity index (χ2n) is 18.0. The lowest BCUT2D eigenvalue weighted by atomic mass is 10.1. The van der Waals surface area contributed by atoms with Gasteiger partial charge in [-0.15, -0.1) is 0 Å². The molecule has 0 spiro atoms. The molecule has 70 heavy (non-hydrogen) atoms. The molecule has 0 aromatic rings. The standard InChI is InChI=1S/C58H99O11P/c1-4-7-10-13-16-19-22-25-27-30-32-35-38-41-44-47-56(60)65-51-55(69-58(62)49-46-43-40-37-34-31-28-26-23-20-17-14-11-8-5-2)53-67-70(63,64)66-52-54(50-59)68-57(61)48-45-42-39-36-33-29-24-21-18-15-12-9-6-3/h9,12,17-18,20-21,25-29,33,39,42,54-55,59H,4-8,10-11,13-16,19,22-24,30-32,34-38,40-41,43-53H2,1-3H3,(H,63,64)/b12-9-,20-17-,21-18-,27-25-,28-26-,33-29-,42-39-. The lowest BCUT2D eigenvalue weighted by molar-refractivity contribution is -0.161. The van der Waals surface area contributed by atoms with Gasteiger partial charge in [-0.2, -0.15) is 0 Å². The van der Waals surface area contributed by atoms with E-state index < -0.39 is 57.8 Å². The Morgan fingerprint density at radius 2 is 0.771 bits per heavy atom. The van der Waals surface area contributed by atoms with E-state index in [1.165, 1.54) is 57.8 Å². The van der Waals surface area contributed by atoms with Crippen molar-refractivity contribution in [3.8, 4) is 0 Å². The molecule has 0 saturated heterocycles. The van der Waals surface area contributed by atoms with Crippen LogP contribution in [0.3, 0.4) is 0 Å². The Hall–Kier alpha value is -3.34. The predicted molar refractivity (Wildman–Crippen MR) is 288 cm³/mol. The van der Waals surface area contributed by atoms with Crippen LogP contribution in [0.15, 0.2) is 85.1 Å². The first kappa shape index (κ1) is 66.7. The number of hydrogen-bond acceptors (Lipinski definition) is 10. The molecule has 2 N–H and O–H groups in total. The molecule has 0 aliphatic carbocycles. The number of hydrogen-bond donors (Lipinski definition) is 2. The van der Waals surface area contributed by atoms with E-state index in [-0.39, 0.29) is 25.9 Å². The molecule has 0 amide bonds. The van der Waals surface area contributed by atoms with Crippen molar-refractivity contribution in [3.63, 3.8) is 0 Å². The van der Waals surface area contributed by atoms with E-state index in [4.69, 9.17) is 23.3 Å². The number of carbonyl (C=O) groups is 3. The number of unbranched alkanes of at least 4 members (excludes halogenated alkanes) is 19. The van der Waals surface area contributed by atoms with Crippen LogP contribution in [-0.2, 0) is 42.2 Å². The van der Waals surface area contributed by atoms with Crippen molar-refractivity contribution in [2.45, 2.75) is 238 Å². The summed E-state index contributed by atoms with van der Waals surface area (Å²) in [5, 5.41) is 9.77. The average Bonchev–Trinajstić information content (AvgIpc) is 3.35. The Labute approximate surface area is 426 Å². The van der Waals surface area contributed by atoms with Crippen LogP contribution in [-0.4, -0.2) is 66.5 Å². The Morgan fingerprint density at radius 1 is 0.414 bits per heavy atom. The van der Waals surface area contributed by atoms with Crippen molar-refractivity contribution in [2.75, 3.05) is 26.4 Å². The molecular weight excluding hydrogens is 904 g/mol. The number of rotatable bonds is 50. The van der Waals surface area contributed by atoms with Gasteiger partial charge in [0.05, 0.1) is 19.8 Å². The smallest absolute Gasteiger partial charge is 0.462 e. The normalized spacial score (nSPS) is 14.1. The van der Waals surface area contributed by atoms with Crippen LogP contribution < -0.4 is 0 Å². The first-order chi connectivity index (χ1) is 34.2. The van der Waals surface area contributed by atoms with Crippen LogP contribution in [0, 0.1) is 0 Å². The molecule has 0 rings (SSSR count). The Kier molecular flexibility index (Phi) is 49.5. The van der Waals surface area contributed by atoms with Crippen LogP contribution >= 0.6 is 7.82 Å². The van der Waals surface area contributed by atoms with E-state index in [2.05, 4.69) is 87.6 Å². The third kappa shape index (κ3) is 49.6. The summed E-state index contributed by atoms with van der Waals surface area (Å²) in [6.45, 7) is 4.38. The highest BCUT2D eigenvalue weighted by molar-refractivity contribution is 7.47. The molecule has 12 heteroatoms. The zero-order chi connectivity index (χ0) is 51.3. The molecule has 0 radical (unpaired) electrons. The molecule has 0 aromatic heterocycles. The molecule has 0 aliphatic heterocycles. The summed E-state index contributed by atoms with van der Waals surface area (Å²) < 4.78 is 39.3. The average molecular weight is 1000 g/mol. The molecule has 0 fully saturated rings. The van der Waals surface area contributed by atoms with Gasteiger partial charge in [-0.25, -0.2) is 4.57 Å². The highest BCUT2D eigenvalue weighted by atomic mass is 31.2. The summed E-state index contributed by atoms with van der Waals surface area (Å²) in [6, 6.07) is 0. The fourth-order valence-corrected chi connectivity index (χ4v) is 7.88. The fraction of sp³-hybridized carbons (Fsp3) is 0.707. The van der Waals surface area contributed by atoms with Gasteiger partial charge in [0.15, 0.2) is 6.10 Å². The van der Waals surface area contributed by atoms with Crippen LogP contribution in [0.2, 0.25) is 0 Å². The first-order valence-electron chi connectivity index (χ1n) is 27.5. The highest BCUT2D eigenvalue weighted by Crippen LogP contribution is 2.43. The Bertz CT molecular complexity index is 1500. The Balaban J connectivity index is 4.84. The lowest BCUT2D eigenvalue weighted by Crippen LogP contribution is -2.30. The number of carbonyl (C=O) groups excluding carboxylic acids is 3. The SMILES string of the molecule is CC/C=C\C/C=C\C/C=C\C/C=C\CCC(=O)OC(CO)COP(=O)(O)OCC(COC(=O)CCCCCCC/C=C\CCCCCCCC)OC(=O)CCCCCCC/C=C\C/C=C\CCCCC. The monoisotopic (exact) mass is 1000 g/mol. The first-order valence-corrected chi connectivity index (χ1v) is 29.0. The Morgan fingerprint density at radius 3 is 1.27 bits per heavy atom. The van der Waals surface area contributed by atoms with Gasteiger partial charge in [-0.3, -0.25) is 23.4 Å². The lowest BCUT2D eigenvalue weighted by Gasteiger charge is -2.21. The summed E-state index contributed by atoms with van der Waals surface area (Å²) in [4.78, 5) is 48.4. The third-order valence-corrected chi connectivity index (χ3v) is 12.2. The van der Waals surface area contributed by atoms with E-state index in [9.17, 15) is 28.9 Å². The van der Waals surface area contributed by atoms with Gasteiger partial charge in [0.2, 0.25) is 0 Å². The number of aliphatic hydroxyl groups excluding tert-OH is 1. The minimum absolute atomic E-state index is 0.0518. The quantitative estimate of drug-likeness (QED) is 0.0197. The summed E-state index contributed by atoms with van der Waals surface area (Å²) in [5.41, 5.74) is 0. The van der Waals surface area contributed by atoms with Crippen molar-refractivity contribution >= 4 is 25.7 Å². The molecule has 0 heterocycles. The zero-order valence-electron chi connectivity index (χ0n) is 44.2. The predicted octanol–water partition coefficient (Wildman–Crippen LogP) is 15.9. The van der Waals surface area contributed by atoms with Crippen LogP contribution in [0.4, 0.5) is 0 Å². The van der Waals surface area contributed by atoms with Gasteiger partial charge in [-0.1, -0.05) is 189 Å². The summed E-state index contributed by atoms with van der Waals surface area (Å²) in [7, 11) is -4.77. The molecule has 0 bridgehead atoms. The molecular formula is C58H99O11P. The number of ether oxygens (including phenoxy) is 3. The van der Waals surface area contributed by atoms with Gasteiger partial charge in [-0.05, 0) is 103 Å². The minimum Gasteiger partial charge on any atom is -0.462 e. The number of phosphoric ester groups is 1. The minimum atomic E-state index is -4.77. The van der Waals surface area contributed by atoms with E-state index in [0.717, 1.165) is 109 Å². The third-order valence-electron chi connectivity index (χ3n) is 11.3. The van der Waals surface area contributed by atoms with Gasteiger partial charge in [0.25, 0.3) is 0 Å². The summed E-state index contributed by atoms with van der Waals surface area (Å²) >= 11 is 0. The molecule has 3 atom stereocenters. The molecule has 11 nitrogen and oxygen atoms in total. The summed E-state index contributed by atoms with van der Waals surface area (Å²) in [6.07, 6.45) is 58.5. The van der Waals surface area contributed by atoms with Crippen LogP contribution in [0.1, 0.15) is 226 Å². The van der Waals surface area contributed by atoms with Gasteiger partial charge in [0, 0.05) is 19.3 Å². The van der Waals surface area contributed by atoms with Gasteiger partial charge >= 0.3 is 25.7 Å². The maximum atomic E-state index is 12.9. The molecule has 0 aliphatic rings. The van der Waals surface area contributed by atoms with Crippen molar-refractivity contribution in [2.24, 2.45) is 0 Å². The van der Waals surface area contributed by atoms with Crippen LogP contribution in [0.5, 0.6) is 0 Å². The van der Waals surface area contributed by atoms with Crippen molar-refractivity contribution in [3.05, 3.63) is 85.1 Å². The number of aliphatic hydroxyl groups is 1. The maximum Gasteiger partial charge on any atom is 0.472 e. The van der Waals surface area contributed by atoms with Crippen molar-refractivity contribution in [1.29, 1.82) is 0 Å². The molecule has 402 valence electrons. The molecule has 0 saturated carbocycles. The second-order valence-corrected chi connectivity index (χ2v) is 19.5. The molecule has 3 unspecified atom stereocenters. The maximum absolute atomic E-state index is 12.9. The molecule has 0 aromatic carbocycles. The fourth-order valence-electron chi connectivity index (χ4n) is 7.10. The second kappa shape index (κ2) is 52.0. The topological polar surface area (TPSA) is 155 Å². The largest absolute Gasteiger partial charge is 0.472 e. The summed E-state index contributed by atoms with van der Waals surface area (Å²) in [5.74, 6) is -1.58. The number of esters is 3. The highest BCUT2D eigenvalue weighted by Gasteiger charge is 2.28. The number of allylic oxidation sites excluding steroid dienone is 14.